The van der Waals surface area contributed by atoms with Crippen molar-refractivity contribution in [3.63, 3.8) is 0 Å². The minimum Gasteiger partial charge on any atom is -0.376 e. The monoisotopic (exact) mass is 386 g/mol. The molecule has 1 fully saturated rings. The highest BCUT2D eigenvalue weighted by atomic mass is 32.2. The summed E-state index contributed by atoms with van der Waals surface area (Å²) in [5.41, 5.74) is 2.69. The minimum atomic E-state index is -0.0564. The van der Waals surface area contributed by atoms with E-state index in [4.69, 9.17) is 4.74 Å². The molecule has 0 spiro atoms. The molecule has 2 aromatic rings. The number of hydrogen-bond acceptors (Lipinski definition) is 6. The lowest BCUT2D eigenvalue weighted by atomic mass is 10.1. The maximum Gasteiger partial charge on any atom is 0.251 e. The van der Waals surface area contributed by atoms with Crippen LogP contribution < -0.4 is 10.2 Å². The topological polar surface area (TPSA) is 67.4 Å². The molecule has 27 heavy (non-hydrogen) atoms. The van der Waals surface area contributed by atoms with Gasteiger partial charge in [-0.25, -0.2) is 9.97 Å². The summed E-state index contributed by atoms with van der Waals surface area (Å²) in [5, 5.41) is 3.71. The third-order valence-corrected chi connectivity index (χ3v) is 5.27. The van der Waals surface area contributed by atoms with Crippen LogP contribution in [-0.4, -0.2) is 49.2 Å². The van der Waals surface area contributed by atoms with Gasteiger partial charge in [0.25, 0.3) is 5.91 Å². The molecule has 1 N–H and O–H groups in total. The molecule has 0 aliphatic carbocycles. The van der Waals surface area contributed by atoms with Gasteiger partial charge >= 0.3 is 0 Å². The van der Waals surface area contributed by atoms with Gasteiger partial charge in [0.15, 0.2) is 5.16 Å². The van der Waals surface area contributed by atoms with Gasteiger partial charge in [-0.2, -0.15) is 0 Å². The number of nitrogens with one attached hydrogen (secondary N) is 1. The van der Waals surface area contributed by atoms with Crippen LogP contribution in [0, 0.1) is 6.92 Å². The number of aromatic nitrogens is 2. The first-order chi connectivity index (χ1) is 13.0. The minimum absolute atomic E-state index is 0.0564. The van der Waals surface area contributed by atoms with Crippen LogP contribution in [0.1, 0.15) is 34.5 Å². The Balaban J connectivity index is 1.59. The second-order valence-electron chi connectivity index (χ2n) is 6.88. The van der Waals surface area contributed by atoms with Gasteiger partial charge in [0.05, 0.1) is 6.10 Å². The first-order valence-corrected chi connectivity index (χ1v) is 10.1. The van der Waals surface area contributed by atoms with Crippen LogP contribution in [0.2, 0.25) is 0 Å². The lowest BCUT2D eigenvalue weighted by molar-refractivity contribution is 0.0857. The molecular formula is C20H26N4O2S. The second kappa shape index (κ2) is 9.19. The van der Waals surface area contributed by atoms with Gasteiger partial charge in [0.1, 0.15) is 5.82 Å². The average Bonchev–Trinajstić information content (AvgIpc) is 3.18. The van der Waals surface area contributed by atoms with Crippen LogP contribution in [0.4, 0.5) is 5.82 Å². The molecular weight excluding hydrogens is 360 g/mol. The summed E-state index contributed by atoms with van der Waals surface area (Å²) in [6.45, 7) is 3.34. The van der Waals surface area contributed by atoms with Gasteiger partial charge in [-0.3, -0.25) is 4.79 Å². The number of carbonyl (C=O) groups excluding carboxylic acids is 1. The number of ether oxygens (including phenoxy) is 1. The molecule has 144 valence electrons. The molecule has 0 radical (unpaired) electrons. The van der Waals surface area contributed by atoms with Gasteiger partial charge in [-0.15, -0.1) is 0 Å². The quantitative estimate of drug-likeness (QED) is 0.583. The predicted octanol–water partition coefficient (Wildman–Crippen LogP) is 3.05. The Bertz CT molecular complexity index is 791. The van der Waals surface area contributed by atoms with E-state index in [1.807, 2.05) is 56.3 Å². The van der Waals surface area contributed by atoms with Crippen molar-refractivity contribution in [2.75, 3.05) is 32.1 Å². The van der Waals surface area contributed by atoms with E-state index in [0.717, 1.165) is 41.7 Å². The lowest BCUT2D eigenvalue weighted by Gasteiger charge is -2.13. The summed E-state index contributed by atoms with van der Waals surface area (Å²) in [6, 6.07) is 9.67. The van der Waals surface area contributed by atoms with Crippen LogP contribution in [0.15, 0.2) is 35.5 Å². The number of aryl methyl sites for hydroxylation is 1. The van der Waals surface area contributed by atoms with Crippen LogP contribution in [-0.2, 0) is 10.5 Å². The van der Waals surface area contributed by atoms with E-state index in [0.29, 0.717) is 17.9 Å². The van der Waals surface area contributed by atoms with Crippen molar-refractivity contribution >= 4 is 23.5 Å². The van der Waals surface area contributed by atoms with Crippen LogP contribution in [0.3, 0.4) is 0 Å². The Morgan fingerprint density at radius 2 is 2.19 bits per heavy atom. The molecule has 1 aromatic carbocycles. The molecule has 2 heterocycles. The Labute approximate surface area is 164 Å². The third-order valence-electron chi connectivity index (χ3n) is 4.35. The summed E-state index contributed by atoms with van der Waals surface area (Å²) in [7, 11) is 3.93. The van der Waals surface area contributed by atoms with E-state index in [1.54, 1.807) is 11.8 Å². The second-order valence-corrected chi connectivity index (χ2v) is 7.82. The Kier molecular flexibility index (Phi) is 6.68. The summed E-state index contributed by atoms with van der Waals surface area (Å²) in [6.07, 6.45) is 2.24. The maximum absolute atomic E-state index is 12.4. The Morgan fingerprint density at radius 1 is 1.33 bits per heavy atom. The number of thioether (sulfide) groups is 1. The van der Waals surface area contributed by atoms with Crippen molar-refractivity contribution in [3.05, 3.63) is 47.2 Å². The van der Waals surface area contributed by atoms with Gasteiger partial charge < -0.3 is 15.0 Å². The average molecular weight is 387 g/mol. The largest absolute Gasteiger partial charge is 0.376 e. The fraction of sp³-hybridized carbons (Fsp3) is 0.450. The fourth-order valence-electron chi connectivity index (χ4n) is 2.88. The van der Waals surface area contributed by atoms with E-state index >= 15 is 0 Å². The van der Waals surface area contributed by atoms with Crippen molar-refractivity contribution in [2.24, 2.45) is 0 Å². The predicted molar refractivity (Wildman–Crippen MR) is 108 cm³/mol. The molecule has 0 unspecified atom stereocenters. The van der Waals surface area contributed by atoms with Crippen LogP contribution in [0.5, 0.6) is 0 Å². The highest BCUT2D eigenvalue weighted by Crippen LogP contribution is 2.22. The van der Waals surface area contributed by atoms with Gasteiger partial charge in [0.2, 0.25) is 0 Å². The zero-order valence-corrected chi connectivity index (χ0v) is 16.9. The molecule has 6 nitrogen and oxygen atoms in total. The molecule has 7 heteroatoms. The first-order valence-electron chi connectivity index (χ1n) is 9.16. The van der Waals surface area contributed by atoms with E-state index in [-0.39, 0.29) is 12.0 Å². The number of rotatable bonds is 7. The van der Waals surface area contributed by atoms with Gasteiger partial charge in [-0.05, 0) is 37.5 Å². The Hall–Kier alpha value is -2.12. The molecule has 1 aliphatic rings. The van der Waals surface area contributed by atoms with Crippen LogP contribution in [0.25, 0.3) is 0 Å². The highest BCUT2D eigenvalue weighted by Gasteiger charge is 2.16. The number of anilines is 1. The Morgan fingerprint density at radius 3 is 2.93 bits per heavy atom. The van der Waals surface area contributed by atoms with E-state index < -0.39 is 0 Å². The summed E-state index contributed by atoms with van der Waals surface area (Å²) in [4.78, 5) is 23.4. The van der Waals surface area contributed by atoms with E-state index in [2.05, 4.69) is 15.3 Å². The number of hydrogen-bond donors (Lipinski definition) is 1. The standard InChI is InChI=1S/C20H26N4O2S/c1-14-10-18(24(2)3)23-20(22-14)27-13-15-6-4-7-16(11-15)19(25)21-12-17-8-5-9-26-17/h4,6-7,10-11,17H,5,8-9,12-13H2,1-3H3,(H,21,25)/t17-/m0/s1. The zero-order valence-electron chi connectivity index (χ0n) is 16.1. The first kappa shape index (κ1) is 19.6. The number of amides is 1. The summed E-state index contributed by atoms with van der Waals surface area (Å²) < 4.78 is 5.55. The number of benzene rings is 1. The third kappa shape index (κ3) is 5.68. The normalized spacial score (nSPS) is 16.3. The molecule has 0 saturated carbocycles. The smallest absolute Gasteiger partial charge is 0.251 e. The molecule has 3 rings (SSSR count). The maximum atomic E-state index is 12.4. The number of nitrogens with zero attached hydrogens (tertiary/aromatic N) is 3. The molecule has 1 amide bonds. The van der Waals surface area contributed by atoms with E-state index in [9.17, 15) is 4.79 Å². The van der Waals surface area contributed by atoms with Crippen molar-refractivity contribution in [2.45, 2.75) is 36.8 Å². The van der Waals surface area contributed by atoms with Gasteiger partial charge in [0, 0.05) is 50.3 Å². The van der Waals surface area contributed by atoms with Gasteiger partial charge in [-0.1, -0.05) is 23.9 Å². The van der Waals surface area contributed by atoms with Crippen molar-refractivity contribution in [3.8, 4) is 0 Å². The fourth-order valence-corrected chi connectivity index (χ4v) is 3.72. The molecule has 1 saturated heterocycles. The summed E-state index contributed by atoms with van der Waals surface area (Å²) in [5.74, 6) is 1.55. The van der Waals surface area contributed by atoms with Crippen molar-refractivity contribution < 1.29 is 9.53 Å². The number of carbonyl (C=O) groups is 1. The molecule has 1 aliphatic heterocycles. The summed E-state index contributed by atoms with van der Waals surface area (Å²) >= 11 is 1.57. The molecule has 0 bridgehead atoms. The van der Waals surface area contributed by atoms with Crippen LogP contribution >= 0.6 is 11.8 Å². The lowest BCUT2D eigenvalue weighted by Crippen LogP contribution is -2.31. The highest BCUT2D eigenvalue weighted by molar-refractivity contribution is 7.98. The van der Waals surface area contributed by atoms with E-state index in [1.165, 1.54) is 0 Å². The zero-order chi connectivity index (χ0) is 19.2. The van der Waals surface area contributed by atoms with Crippen molar-refractivity contribution in [1.82, 2.24) is 15.3 Å². The SMILES string of the molecule is Cc1cc(N(C)C)nc(SCc2cccc(C(=O)NC[C@@H]3CCCO3)c2)n1. The molecule has 1 aromatic heterocycles. The molecule has 1 atom stereocenters. The van der Waals surface area contributed by atoms with Crippen molar-refractivity contribution in [1.29, 1.82) is 0 Å².